The van der Waals surface area contributed by atoms with Gasteiger partial charge in [-0.15, -0.1) is 0 Å². The normalized spacial score (nSPS) is 16.6. The zero-order valence-corrected chi connectivity index (χ0v) is 34.0. The fourth-order valence-electron chi connectivity index (χ4n) is 5.95. The molecule has 10 nitrogen and oxygen atoms in total. The Labute approximate surface area is 320 Å². The maximum Gasteiger partial charge on any atom is 0.410 e. The lowest BCUT2D eigenvalue weighted by Crippen LogP contribution is -2.51. The number of carbonyl (C=O) groups excluding carboxylic acids is 3. The van der Waals surface area contributed by atoms with Gasteiger partial charge in [-0.2, -0.15) is 0 Å². The van der Waals surface area contributed by atoms with Crippen LogP contribution in [0.2, 0.25) is 18.1 Å². The van der Waals surface area contributed by atoms with E-state index in [0.717, 1.165) is 16.3 Å². The van der Waals surface area contributed by atoms with Crippen molar-refractivity contribution < 1.29 is 37.8 Å². The number of ether oxygens (including phenoxy) is 4. The van der Waals surface area contributed by atoms with Crippen LogP contribution in [0.25, 0.3) is 10.8 Å². The summed E-state index contributed by atoms with van der Waals surface area (Å²) in [6, 6.07) is 25.1. The highest BCUT2D eigenvalue weighted by Gasteiger charge is 2.39. The van der Waals surface area contributed by atoms with Crippen LogP contribution < -0.4 is 19.2 Å². The zero-order chi connectivity index (χ0) is 39.3. The first-order chi connectivity index (χ1) is 25.4. The molecule has 4 aromatic carbocycles. The van der Waals surface area contributed by atoms with Crippen molar-refractivity contribution in [2.24, 2.45) is 0 Å². The van der Waals surface area contributed by atoms with E-state index in [2.05, 4.69) is 39.2 Å². The summed E-state index contributed by atoms with van der Waals surface area (Å²) < 4.78 is 30.3. The molecule has 0 unspecified atom stereocenters. The highest BCUT2D eigenvalue weighted by Crippen LogP contribution is 2.38. The van der Waals surface area contributed by atoms with Crippen molar-refractivity contribution in [3.8, 4) is 17.2 Å². The van der Waals surface area contributed by atoms with Crippen LogP contribution in [-0.4, -0.2) is 69.1 Å². The van der Waals surface area contributed by atoms with E-state index < -0.39 is 38.1 Å². The number of nitrogens with one attached hydrogen (secondary N) is 1. The van der Waals surface area contributed by atoms with Crippen LogP contribution in [0.4, 0.5) is 4.79 Å². The molecule has 1 N–H and O–H groups in total. The third-order valence-electron chi connectivity index (χ3n) is 9.92. The summed E-state index contributed by atoms with van der Waals surface area (Å²) in [5.41, 5.74) is 0.875. The molecular formula is C43H54N2O8Si. The van der Waals surface area contributed by atoms with Gasteiger partial charge < -0.3 is 33.6 Å². The highest BCUT2D eigenvalue weighted by molar-refractivity contribution is 6.74. The van der Waals surface area contributed by atoms with Crippen LogP contribution in [0.15, 0.2) is 84.9 Å². The smallest absolute Gasteiger partial charge is 0.410 e. The average molecular weight is 755 g/mol. The molecule has 1 fully saturated rings. The molecule has 54 heavy (non-hydrogen) atoms. The summed E-state index contributed by atoms with van der Waals surface area (Å²) in [6.07, 6.45) is -0.342. The van der Waals surface area contributed by atoms with Crippen LogP contribution in [0, 0.1) is 0 Å². The molecule has 0 radical (unpaired) electrons. The van der Waals surface area contributed by atoms with Gasteiger partial charge in [-0.1, -0.05) is 63.2 Å². The molecule has 0 saturated carbocycles. The van der Waals surface area contributed by atoms with Gasteiger partial charge in [0.25, 0.3) is 5.91 Å². The van der Waals surface area contributed by atoms with E-state index in [9.17, 15) is 14.4 Å². The molecule has 0 aliphatic carbocycles. The van der Waals surface area contributed by atoms with E-state index in [0.29, 0.717) is 42.2 Å². The summed E-state index contributed by atoms with van der Waals surface area (Å²) >= 11 is 0. The van der Waals surface area contributed by atoms with Crippen molar-refractivity contribution in [3.63, 3.8) is 0 Å². The number of rotatable bonds is 10. The first-order valence-corrected chi connectivity index (χ1v) is 21.4. The predicted molar refractivity (Wildman–Crippen MR) is 213 cm³/mol. The maximum atomic E-state index is 14.2. The van der Waals surface area contributed by atoms with Gasteiger partial charge in [0.1, 0.15) is 41.1 Å². The molecule has 2 atom stereocenters. The third kappa shape index (κ3) is 10.1. The average Bonchev–Trinajstić information content (AvgIpc) is 3.31. The topological polar surface area (TPSA) is 113 Å². The van der Waals surface area contributed by atoms with Crippen LogP contribution in [0.3, 0.4) is 0 Å². The minimum Gasteiger partial charge on any atom is -0.544 e. The van der Waals surface area contributed by atoms with Crippen LogP contribution in [0.1, 0.15) is 80.7 Å². The second kappa shape index (κ2) is 16.5. The van der Waals surface area contributed by atoms with E-state index in [1.54, 1.807) is 48.4 Å². The molecule has 1 aliphatic heterocycles. The number of methoxy groups -OCH3 is 1. The van der Waals surface area contributed by atoms with Gasteiger partial charge >= 0.3 is 12.1 Å². The summed E-state index contributed by atoms with van der Waals surface area (Å²) in [5.74, 6) is 0.713. The minimum atomic E-state index is -2.08. The SMILES string of the molecule is COc1cccc2cc(C(=O)O[C@@H]3CCCN(C(=O)OC(C)(C)C)C[C@H]3NC(=O)c3ccc(O[Si](C)(C)C(C)(C)C)cc3)c(OCc3ccccc3)cc12. The Hall–Kier alpha value is -5.03. The fraction of sp³-hybridized carbons (Fsp3) is 0.419. The standard InChI is InChI=1S/C43H54N2O8Si/c1-42(2,3)52-41(48)45-24-14-19-37(35(27-45)44-39(46)30-20-22-32(23-21-30)53-54(8,9)43(4,5)6)51-40(47)34-25-31-17-13-18-36(49-7)33(31)26-38(34)50-28-29-15-11-10-12-16-29/h10-13,15-18,20-23,25-26,35,37H,14,19,24,27-28H2,1-9H3,(H,44,46)/t35-,37-/m1/s1. The molecule has 4 aromatic rings. The number of likely N-dealkylation sites (tertiary alicyclic amines) is 1. The number of carbonyl (C=O) groups is 3. The Morgan fingerprint density at radius 2 is 1.57 bits per heavy atom. The van der Waals surface area contributed by atoms with Gasteiger partial charge in [0.15, 0.2) is 0 Å². The van der Waals surface area contributed by atoms with E-state index >= 15 is 0 Å². The summed E-state index contributed by atoms with van der Waals surface area (Å²) in [4.78, 5) is 42.9. The second-order valence-corrected chi connectivity index (χ2v) is 21.0. The number of amides is 2. The molecule has 1 saturated heterocycles. The molecule has 0 spiro atoms. The predicted octanol–water partition coefficient (Wildman–Crippen LogP) is 9.17. The molecule has 2 amide bonds. The first kappa shape index (κ1) is 40.2. The van der Waals surface area contributed by atoms with Crippen molar-refractivity contribution in [2.75, 3.05) is 20.2 Å². The van der Waals surface area contributed by atoms with Gasteiger partial charge in [0.2, 0.25) is 8.32 Å². The van der Waals surface area contributed by atoms with Gasteiger partial charge in [0.05, 0.1) is 13.2 Å². The number of hydrogen-bond donors (Lipinski definition) is 1. The van der Waals surface area contributed by atoms with E-state index in [-0.39, 0.29) is 29.7 Å². The van der Waals surface area contributed by atoms with Gasteiger partial charge in [-0.05, 0) is 105 Å². The summed E-state index contributed by atoms with van der Waals surface area (Å²) in [6.45, 7) is 17.0. The van der Waals surface area contributed by atoms with E-state index in [1.165, 1.54) is 0 Å². The monoisotopic (exact) mass is 754 g/mol. The molecule has 288 valence electrons. The van der Waals surface area contributed by atoms with Crippen molar-refractivity contribution in [1.82, 2.24) is 10.2 Å². The van der Waals surface area contributed by atoms with Crippen molar-refractivity contribution in [3.05, 3.63) is 102 Å². The fourth-order valence-corrected chi connectivity index (χ4v) is 6.98. The number of esters is 1. The summed E-state index contributed by atoms with van der Waals surface area (Å²) in [7, 11) is -0.483. The molecule has 11 heteroatoms. The van der Waals surface area contributed by atoms with E-state index in [4.69, 9.17) is 23.4 Å². The molecule has 1 aliphatic rings. The third-order valence-corrected chi connectivity index (χ3v) is 14.3. The molecular weight excluding hydrogens is 701 g/mol. The maximum absolute atomic E-state index is 14.2. The van der Waals surface area contributed by atoms with Crippen molar-refractivity contribution in [2.45, 2.75) is 96.9 Å². The highest BCUT2D eigenvalue weighted by atomic mass is 28.4. The molecule has 0 aromatic heterocycles. The largest absolute Gasteiger partial charge is 0.544 e. The lowest BCUT2D eigenvalue weighted by atomic mass is 10.0. The Balaban J connectivity index is 1.43. The Kier molecular flexibility index (Phi) is 12.3. The Bertz CT molecular complexity index is 1930. The Morgan fingerprint density at radius 3 is 2.22 bits per heavy atom. The molecule has 0 bridgehead atoms. The number of nitrogens with zero attached hydrogens (tertiary/aromatic N) is 1. The quantitative estimate of drug-likeness (QED) is 0.126. The van der Waals surface area contributed by atoms with Crippen molar-refractivity contribution >= 4 is 37.1 Å². The number of benzene rings is 4. The lowest BCUT2D eigenvalue weighted by molar-refractivity contribution is 0.0125. The number of hydrogen-bond acceptors (Lipinski definition) is 8. The van der Waals surface area contributed by atoms with Crippen molar-refractivity contribution in [1.29, 1.82) is 0 Å². The molecule has 1 heterocycles. The minimum absolute atomic E-state index is 0.0174. The summed E-state index contributed by atoms with van der Waals surface area (Å²) in [5, 5.41) is 4.66. The van der Waals surface area contributed by atoms with Crippen LogP contribution in [0.5, 0.6) is 17.2 Å². The lowest BCUT2D eigenvalue weighted by Gasteiger charge is -2.36. The van der Waals surface area contributed by atoms with Crippen LogP contribution in [-0.2, 0) is 16.1 Å². The second-order valence-electron chi connectivity index (χ2n) is 16.3. The molecule has 5 rings (SSSR count). The zero-order valence-electron chi connectivity index (χ0n) is 33.0. The van der Waals surface area contributed by atoms with Gasteiger partial charge in [-0.3, -0.25) is 4.79 Å². The Morgan fingerprint density at radius 1 is 0.870 bits per heavy atom. The first-order valence-electron chi connectivity index (χ1n) is 18.5. The van der Waals surface area contributed by atoms with Gasteiger partial charge in [-0.25, -0.2) is 9.59 Å². The van der Waals surface area contributed by atoms with Crippen LogP contribution >= 0.6 is 0 Å². The van der Waals surface area contributed by atoms with Gasteiger partial charge in [0, 0.05) is 24.0 Å². The van der Waals surface area contributed by atoms with E-state index in [1.807, 2.05) is 69.3 Å². The number of fused-ring (bicyclic) bond motifs is 1.